The van der Waals surface area contributed by atoms with Gasteiger partial charge in [0.25, 0.3) is 0 Å². The zero-order chi connectivity index (χ0) is 15.3. The van der Waals surface area contributed by atoms with Gasteiger partial charge < -0.3 is 5.11 Å². The van der Waals surface area contributed by atoms with Crippen molar-refractivity contribution in [1.29, 1.82) is 0 Å². The van der Waals surface area contributed by atoms with Crippen LogP contribution in [-0.2, 0) is 11.3 Å². The van der Waals surface area contributed by atoms with Crippen LogP contribution < -0.4 is 0 Å². The monoisotopic (exact) mass is 288 g/mol. The van der Waals surface area contributed by atoms with E-state index in [1.807, 2.05) is 26.0 Å². The van der Waals surface area contributed by atoms with Crippen LogP contribution in [0.3, 0.4) is 0 Å². The molecule has 2 rings (SSSR count). The molecule has 0 amide bonds. The molecule has 0 aliphatic carbocycles. The molecule has 1 aromatic heterocycles. The van der Waals surface area contributed by atoms with E-state index in [0.717, 1.165) is 25.9 Å². The molecule has 1 aliphatic heterocycles. The summed E-state index contributed by atoms with van der Waals surface area (Å²) in [5.74, 6) is -0.667. The molecule has 21 heavy (non-hydrogen) atoms. The van der Waals surface area contributed by atoms with E-state index in [1.54, 1.807) is 12.4 Å². The number of allylic oxidation sites excluding steroid dienone is 2. The van der Waals surface area contributed by atoms with E-state index in [-0.39, 0.29) is 0 Å². The summed E-state index contributed by atoms with van der Waals surface area (Å²) in [6.45, 7) is 6.42. The van der Waals surface area contributed by atoms with Crippen LogP contribution in [-0.4, -0.2) is 34.0 Å². The van der Waals surface area contributed by atoms with Crippen LogP contribution >= 0.6 is 0 Å². The minimum Gasteiger partial charge on any atom is -0.481 e. The Labute approximate surface area is 126 Å². The average molecular weight is 288 g/mol. The van der Waals surface area contributed by atoms with Crippen molar-refractivity contribution in [3.8, 4) is 0 Å². The van der Waals surface area contributed by atoms with E-state index in [0.29, 0.717) is 13.0 Å². The highest BCUT2D eigenvalue weighted by molar-refractivity contribution is 5.75. The van der Waals surface area contributed by atoms with E-state index >= 15 is 0 Å². The first kappa shape index (κ1) is 15.7. The molecule has 4 nitrogen and oxygen atoms in total. The maximum absolute atomic E-state index is 11.8. The molecule has 0 aromatic carbocycles. The lowest BCUT2D eigenvalue weighted by Gasteiger charge is -2.39. The number of carboxylic acids is 1. The van der Waals surface area contributed by atoms with Crippen LogP contribution in [0, 0.1) is 5.41 Å². The Morgan fingerprint density at radius 2 is 2.14 bits per heavy atom. The molecule has 0 spiro atoms. The van der Waals surface area contributed by atoms with Gasteiger partial charge in [-0.1, -0.05) is 11.6 Å². The lowest BCUT2D eigenvalue weighted by Crippen LogP contribution is -2.47. The molecule has 0 saturated carbocycles. The smallest absolute Gasteiger partial charge is 0.311 e. The van der Waals surface area contributed by atoms with Gasteiger partial charge in [-0.2, -0.15) is 0 Å². The van der Waals surface area contributed by atoms with Crippen molar-refractivity contribution < 1.29 is 9.90 Å². The van der Waals surface area contributed by atoms with E-state index < -0.39 is 11.4 Å². The molecule has 114 valence electrons. The Morgan fingerprint density at radius 3 is 2.76 bits per heavy atom. The van der Waals surface area contributed by atoms with Crippen molar-refractivity contribution >= 4 is 5.97 Å². The Kier molecular flexibility index (Phi) is 5.12. The van der Waals surface area contributed by atoms with Crippen molar-refractivity contribution in [2.75, 3.05) is 13.1 Å². The van der Waals surface area contributed by atoms with Crippen LogP contribution in [0.4, 0.5) is 0 Å². The predicted octanol–water partition coefficient (Wildman–Crippen LogP) is 3.10. The van der Waals surface area contributed by atoms with Gasteiger partial charge in [-0.05, 0) is 57.4 Å². The second-order valence-electron chi connectivity index (χ2n) is 6.24. The highest BCUT2D eigenvalue weighted by atomic mass is 16.4. The van der Waals surface area contributed by atoms with Gasteiger partial charge in [0.2, 0.25) is 0 Å². The second kappa shape index (κ2) is 6.85. The first-order valence-corrected chi connectivity index (χ1v) is 7.50. The fourth-order valence-electron chi connectivity index (χ4n) is 2.94. The summed E-state index contributed by atoms with van der Waals surface area (Å²) in [5.41, 5.74) is 1.73. The zero-order valence-corrected chi connectivity index (χ0v) is 12.9. The van der Waals surface area contributed by atoms with Gasteiger partial charge in [-0.15, -0.1) is 0 Å². The minimum atomic E-state index is -0.667. The van der Waals surface area contributed by atoms with Gasteiger partial charge in [0, 0.05) is 25.5 Å². The van der Waals surface area contributed by atoms with Gasteiger partial charge in [0.05, 0.1) is 5.41 Å². The molecule has 1 aliphatic rings. The maximum Gasteiger partial charge on any atom is 0.311 e. The average Bonchev–Trinajstić information content (AvgIpc) is 2.46. The van der Waals surface area contributed by atoms with E-state index in [9.17, 15) is 9.90 Å². The third-order valence-corrected chi connectivity index (χ3v) is 4.17. The Morgan fingerprint density at radius 1 is 1.43 bits per heavy atom. The quantitative estimate of drug-likeness (QED) is 0.846. The molecule has 1 saturated heterocycles. The van der Waals surface area contributed by atoms with Crippen LogP contribution in [0.5, 0.6) is 0 Å². The zero-order valence-electron chi connectivity index (χ0n) is 12.9. The van der Waals surface area contributed by atoms with Crippen molar-refractivity contribution in [2.24, 2.45) is 5.41 Å². The standard InChI is InChI=1S/C17H24N2O2/c1-14(2)4-8-17(16(20)21)7-3-11-19(13-17)12-15-5-9-18-10-6-15/h4-6,9-10H,3,7-8,11-13H2,1-2H3,(H,20,21)/t17-/m1/s1. The number of hydrogen-bond acceptors (Lipinski definition) is 3. The molecular weight excluding hydrogens is 264 g/mol. The molecule has 0 unspecified atom stereocenters. The molecule has 4 heteroatoms. The molecule has 2 heterocycles. The number of piperidine rings is 1. The highest BCUT2D eigenvalue weighted by Crippen LogP contribution is 2.35. The predicted molar refractivity (Wildman–Crippen MR) is 82.9 cm³/mol. The molecule has 1 atom stereocenters. The van der Waals surface area contributed by atoms with Gasteiger partial charge in [-0.25, -0.2) is 0 Å². The van der Waals surface area contributed by atoms with E-state index in [1.165, 1.54) is 11.1 Å². The summed E-state index contributed by atoms with van der Waals surface area (Å²) in [6, 6.07) is 3.99. The van der Waals surface area contributed by atoms with Crippen LogP contribution in [0.25, 0.3) is 0 Å². The fourth-order valence-corrected chi connectivity index (χ4v) is 2.94. The third kappa shape index (κ3) is 4.14. The first-order valence-electron chi connectivity index (χ1n) is 7.50. The number of aromatic nitrogens is 1. The third-order valence-electron chi connectivity index (χ3n) is 4.17. The van der Waals surface area contributed by atoms with Crippen molar-refractivity contribution in [2.45, 2.75) is 39.7 Å². The maximum atomic E-state index is 11.8. The van der Waals surface area contributed by atoms with Crippen LogP contribution in [0.1, 0.15) is 38.7 Å². The normalized spacial score (nSPS) is 22.8. The molecule has 1 fully saturated rings. The Hall–Kier alpha value is -1.68. The van der Waals surface area contributed by atoms with E-state index in [2.05, 4.69) is 16.0 Å². The van der Waals surface area contributed by atoms with Gasteiger partial charge >= 0.3 is 5.97 Å². The molecule has 1 aromatic rings. The van der Waals surface area contributed by atoms with Gasteiger partial charge in [0.1, 0.15) is 0 Å². The number of carbonyl (C=O) groups is 1. The van der Waals surface area contributed by atoms with Crippen LogP contribution in [0.2, 0.25) is 0 Å². The van der Waals surface area contributed by atoms with Crippen LogP contribution in [0.15, 0.2) is 36.2 Å². The largest absolute Gasteiger partial charge is 0.481 e. The van der Waals surface area contributed by atoms with Gasteiger partial charge in [-0.3, -0.25) is 14.7 Å². The summed E-state index contributed by atoms with van der Waals surface area (Å²) < 4.78 is 0. The number of pyridine rings is 1. The summed E-state index contributed by atoms with van der Waals surface area (Å²) in [7, 11) is 0. The number of rotatable bonds is 5. The fraction of sp³-hybridized carbons (Fsp3) is 0.529. The molecule has 0 bridgehead atoms. The summed E-state index contributed by atoms with van der Waals surface area (Å²) in [6.07, 6.45) is 7.95. The SMILES string of the molecule is CC(C)=CC[C@]1(C(=O)O)CCCN(Cc2ccncc2)C1. The second-order valence-corrected chi connectivity index (χ2v) is 6.24. The lowest BCUT2D eigenvalue weighted by atomic mass is 9.76. The van der Waals surface area contributed by atoms with Crippen molar-refractivity contribution in [3.05, 3.63) is 41.7 Å². The van der Waals surface area contributed by atoms with Crippen molar-refractivity contribution in [3.63, 3.8) is 0 Å². The Bertz CT molecular complexity index is 509. The number of carboxylic acid groups (broad SMARTS) is 1. The Balaban J connectivity index is 2.09. The molecule has 1 N–H and O–H groups in total. The minimum absolute atomic E-state index is 0.619. The molecular formula is C17H24N2O2. The lowest BCUT2D eigenvalue weighted by molar-refractivity contribution is -0.152. The number of likely N-dealkylation sites (tertiary alicyclic amines) is 1. The number of hydrogen-bond donors (Lipinski definition) is 1. The summed E-state index contributed by atoms with van der Waals surface area (Å²) >= 11 is 0. The summed E-state index contributed by atoms with van der Waals surface area (Å²) in [4.78, 5) is 18.1. The number of aliphatic carboxylic acids is 1. The topological polar surface area (TPSA) is 53.4 Å². The summed E-state index contributed by atoms with van der Waals surface area (Å²) in [5, 5.41) is 9.72. The number of nitrogens with zero attached hydrogens (tertiary/aromatic N) is 2. The van der Waals surface area contributed by atoms with E-state index in [4.69, 9.17) is 0 Å². The van der Waals surface area contributed by atoms with Crippen molar-refractivity contribution in [1.82, 2.24) is 9.88 Å². The molecule has 0 radical (unpaired) electrons. The highest BCUT2D eigenvalue weighted by Gasteiger charge is 2.41. The first-order chi connectivity index (χ1) is 10.0. The van der Waals surface area contributed by atoms with Gasteiger partial charge in [0.15, 0.2) is 0 Å².